The standard InChI is InChI=1S/C16H17N3OS2/c1-20-13-5-3-4-12(15(13)17)18-9-10-6-7-11-14(8-10)22-16(19-11)21-2/h3-8,18H,9,17H2,1-2H3. The Labute approximate surface area is 137 Å². The summed E-state index contributed by atoms with van der Waals surface area (Å²) in [5.41, 5.74) is 9.84. The second kappa shape index (κ2) is 6.46. The summed E-state index contributed by atoms with van der Waals surface area (Å²) in [4.78, 5) is 4.55. The summed E-state index contributed by atoms with van der Waals surface area (Å²) in [5.74, 6) is 0.688. The van der Waals surface area contributed by atoms with E-state index < -0.39 is 0 Å². The number of anilines is 2. The number of nitrogens with two attached hydrogens (primary N) is 1. The van der Waals surface area contributed by atoms with Gasteiger partial charge < -0.3 is 15.8 Å². The summed E-state index contributed by atoms with van der Waals surface area (Å²) in [6.45, 7) is 0.708. The highest BCUT2D eigenvalue weighted by atomic mass is 32.2. The molecule has 0 aliphatic heterocycles. The molecule has 114 valence electrons. The first-order valence-corrected chi connectivity index (χ1v) is 8.85. The Morgan fingerprint density at radius 2 is 2.18 bits per heavy atom. The molecule has 0 bridgehead atoms. The van der Waals surface area contributed by atoms with Crippen LogP contribution in [0.5, 0.6) is 5.75 Å². The van der Waals surface area contributed by atoms with E-state index in [1.807, 2.05) is 24.5 Å². The van der Waals surface area contributed by atoms with Crippen molar-refractivity contribution < 1.29 is 4.74 Å². The van der Waals surface area contributed by atoms with Crippen molar-refractivity contribution in [2.45, 2.75) is 10.9 Å². The predicted octanol–water partition coefficient (Wildman–Crippen LogP) is 4.22. The maximum absolute atomic E-state index is 6.07. The quantitative estimate of drug-likeness (QED) is 0.541. The van der Waals surface area contributed by atoms with Crippen molar-refractivity contribution >= 4 is 44.7 Å². The van der Waals surface area contributed by atoms with Crippen LogP contribution in [0.3, 0.4) is 0 Å². The van der Waals surface area contributed by atoms with Gasteiger partial charge in [0.05, 0.1) is 28.7 Å². The summed E-state index contributed by atoms with van der Waals surface area (Å²) in [5, 5.41) is 3.36. The van der Waals surface area contributed by atoms with Gasteiger partial charge in [-0.2, -0.15) is 0 Å². The molecule has 22 heavy (non-hydrogen) atoms. The van der Waals surface area contributed by atoms with Crippen molar-refractivity contribution in [2.75, 3.05) is 24.4 Å². The predicted molar refractivity (Wildman–Crippen MR) is 96.1 cm³/mol. The number of aromatic nitrogens is 1. The van der Waals surface area contributed by atoms with E-state index in [-0.39, 0.29) is 0 Å². The molecule has 3 N–H and O–H groups in total. The Morgan fingerprint density at radius 3 is 2.95 bits per heavy atom. The van der Waals surface area contributed by atoms with Crippen LogP contribution >= 0.6 is 23.1 Å². The van der Waals surface area contributed by atoms with E-state index in [0.717, 1.165) is 15.5 Å². The van der Waals surface area contributed by atoms with Gasteiger partial charge in [-0.05, 0) is 36.1 Å². The average molecular weight is 331 g/mol. The zero-order chi connectivity index (χ0) is 15.5. The molecule has 3 aromatic rings. The van der Waals surface area contributed by atoms with Crippen molar-refractivity contribution in [2.24, 2.45) is 0 Å². The van der Waals surface area contributed by atoms with E-state index in [0.29, 0.717) is 18.0 Å². The van der Waals surface area contributed by atoms with Crippen LogP contribution < -0.4 is 15.8 Å². The minimum atomic E-state index is 0.633. The molecular formula is C16H17N3OS2. The number of hydrogen-bond donors (Lipinski definition) is 2. The largest absolute Gasteiger partial charge is 0.495 e. The van der Waals surface area contributed by atoms with Gasteiger partial charge in [-0.3, -0.25) is 0 Å². The Bertz CT molecular complexity index is 801. The van der Waals surface area contributed by atoms with E-state index in [4.69, 9.17) is 10.5 Å². The van der Waals surface area contributed by atoms with E-state index in [1.54, 1.807) is 30.2 Å². The van der Waals surface area contributed by atoms with Crippen LogP contribution in [-0.4, -0.2) is 18.3 Å². The molecule has 3 rings (SSSR count). The number of fused-ring (bicyclic) bond motifs is 1. The van der Waals surface area contributed by atoms with Crippen LogP contribution in [0.2, 0.25) is 0 Å². The lowest BCUT2D eigenvalue weighted by atomic mass is 10.2. The number of methoxy groups -OCH3 is 1. The fourth-order valence-electron chi connectivity index (χ4n) is 2.22. The van der Waals surface area contributed by atoms with Crippen molar-refractivity contribution in [1.82, 2.24) is 4.98 Å². The third kappa shape index (κ3) is 2.98. The lowest BCUT2D eigenvalue weighted by Gasteiger charge is -2.12. The fourth-order valence-corrected chi connectivity index (χ4v) is 3.77. The molecule has 1 heterocycles. The Balaban J connectivity index is 1.79. The van der Waals surface area contributed by atoms with Gasteiger partial charge in [0.2, 0.25) is 0 Å². The number of para-hydroxylation sites is 1. The lowest BCUT2D eigenvalue weighted by molar-refractivity contribution is 0.417. The molecule has 0 unspecified atom stereocenters. The molecular weight excluding hydrogens is 314 g/mol. The normalized spacial score (nSPS) is 10.8. The molecule has 0 atom stereocenters. The number of nitrogens with zero attached hydrogens (tertiary/aromatic N) is 1. The van der Waals surface area contributed by atoms with Gasteiger partial charge in [0.1, 0.15) is 5.75 Å². The monoisotopic (exact) mass is 331 g/mol. The average Bonchev–Trinajstić information content (AvgIpc) is 2.96. The first kappa shape index (κ1) is 15.0. The second-order valence-corrected chi connectivity index (χ2v) is 6.85. The van der Waals surface area contributed by atoms with Gasteiger partial charge in [-0.15, -0.1) is 11.3 Å². The molecule has 6 heteroatoms. The van der Waals surface area contributed by atoms with Gasteiger partial charge >= 0.3 is 0 Å². The molecule has 4 nitrogen and oxygen atoms in total. The highest BCUT2D eigenvalue weighted by molar-refractivity contribution is 8.00. The number of thioether (sulfide) groups is 1. The summed E-state index contributed by atoms with van der Waals surface area (Å²) in [6, 6.07) is 12.1. The second-order valence-electron chi connectivity index (χ2n) is 4.76. The number of nitrogens with one attached hydrogen (secondary N) is 1. The van der Waals surface area contributed by atoms with Gasteiger partial charge in [0, 0.05) is 6.54 Å². The third-order valence-electron chi connectivity index (χ3n) is 3.38. The lowest BCUT2D eigenvalue weighted by Crippen LogP contribution is -2.03. The Morgan fingerprint density at radius 1 is 1.32 bits per heavy atom. The number of rotatable bonds is 5. The van der Waals surface area contributed by atoms with E-state index in [9.17, 15) is 0 Å². The molecule has 0 saturated carbocycles. The molecule has 2 aromatic carbocycles. The maximum atomic E-state index is 6.07. The summed E-state index contributed by atoms with van der Waals surface area (Å²) in [6.07, 6.45) is 2.05. The van der Waals surface area contributed by atoms with Crippen LogP contribution in [-0.2, 0) is 6.54 Å². The van der Waals surface area contributed by atoms with Crippen molar-refractivity contribution in [3.63, 3.8) is 0 Å². The first-order chi connectivity index (χ1) is 10.7. The van der Waals surface area contributed by atoms with Crippen molar-refractivity contribution in [1.29, 1.82) is 0 Å². The molecule has 0 saturated heterocycles. The third-order valence-corrected chi connectivity index (χ3v) is 5.38. The Hall–Kier alpha value is -1.92. The van der Waals surface area contributed by atoms with Gasteiger partial charge in [0.25, 0.3) is 0 Å². The molecule has 0 aliphatic rings. The van der Waals surface area contributed by atoms with Gasteiger partial charge in [-0.25, -0.2) is 4.98 Å². The fraction of sp³-hybridized carbons (Fsp3) is 0.188. The maximum Gasteiger partial charge on any atom is 0.150 e. The SMILES string of the molecule is COc1cccc(NCc2ccc3nc(SC)sc3c2)c1N. The van der Waals surface area contributed by atoms with E-state index in [2.05, 4.69) is 28.5 Å². The van der Waals surface area contributed by atoms with E-state index >= 15 is 0 Å². The molecule has 1 aromatic heterocycles. The molecule has 0 aliphatic carbocycles. The highest BCUT2D eigenvalue weighted by Gasteiger charge is 2.06. The van der Waals surface area contributed by atoms with Crippen LogP contribution in [0.15, 0.2) is 40.7 Å². The highest BCUT2D eigenvalue weighted by Crippen LogP contribution is 2.31. The number of thiazole rings is 1. The van der Waals surface area contributed by atoms with Gasteiger partial charge in [-0.1, -0.05) is 23.9 Å². The minimum Gasteiger partial charge on any atom is -0.495 e. The van der Waals surface area contributed by atoms with Gasteiger partial charge in [0.15, 0.2) is 4.34 Å². The smallest absolute Gasteiger partial charge is 0.150 e. The molecule has 0 radical (unpaired) electrons. The number of nitrogen functional groups attached to an aromatic ring is 1. The zero-order valence-electron chi connectivity index (χ0n) is 12.4. The topological polar surface area (TPSA) is 60.2 Å². The summed E-state index contributed by atoms with van der Waals surface area (Å²) < 4.78 is 7.54. The number of hydrogen-bond acceptors (Lipinski definition) is 6. The van der Waals surface area contributed by atoms with Crippen LogP contribution in [0.4, 0.5) is 11.4 Å². The molecule has 0 fully saturated rings. The van der Waals surface area contributed by atoms with Crippen molar-refractivity contribution in [3.05, 3.63) is 42.0 Å². The number of benzene rings is 2. The zero-order valence-corrected chi connectivity index (χ0v) is 14.1. The molecule has 0 amide bonds. The number of ether oxygens (including phenoxy) is 1. The molecule has 0 spiro atoms. The minimum absolute atomic E-state index is 0.633. The summed E-state index contributed by atoms with van der Waals surface area (Å²) in [7, 11) is 1.62. The van der Waals surface area contributed by atoms with Crippen LogP contribution in [0.1, 0.15) is 5.56 Å². The van der Waals surface area contributed by atoms with E-state index in [1.165, 1.54) is 10.3 Å². The summed E-state index contributed by atoms with van der Waals surface area (Å²) >= 11 is 3.40. The van der Waals surface area contributed by atoms with Crippen LogP contribution in [0, 0.1) is 0 Å². The van der Waals surface area contributed by atoms with Crippen molar-refractivity contribution in [3.8, 4) is 5.75 Å². The van der Waals surface area contributed by atoms with Crippen LogP contribution in [0.25, 0.3) is 10.2 Å². The Kier molecular flexibility index (Phi) is 4.40. The first-order valence-electron chi connectivity index (χ1n) is 6.81.